The molecule has 1 aromatic rings. The molecule has 3 rings (SSSR count). The van der Waals surface area contributed by atoms with Crippen LogP contribution >= 0.6 is 0 Å². The van der Waals surface area contributed by atoms with Crippen molar-refractivity contribution in [2.75, 3.05) is 23.8 Å². The minimum absolute atomic E-state index is 0.0963. The van der Waals surface area contributed by atoms with Gasteiger partial charge in [-0.2, -0.15) is 0 Å². The summed E-state index contributed by atoms with van der Waals surface area (Å²) in [5.41, 5.74) is 8.79. The highest BCUT2D eigenvalue weighted by molar-refractivity contribution is 5.99. The molecule has 1 aromatic carbocycles. The number of ether oxygens (including phenoxy) is 1. The van der Waals surface area contributed by atoms with Gasteiger partial charge >= 0.3 is 0 Å². The van der Waals surface area contributed by atoms with Gasteiger partial charge in [0.15, 0.2) is 0 Å². The van der Waals surface area contributed by atoms with Crippen molar-refractivity contribution in [1.82, 2.24) is 0 Å². The normalized spacial score (nSPS) is 22.9. The van der Waals surface area contributed by atoms with Gasteiger partial charge in [-0.15, -0.1) is 0 Å². The molecule has 2 aliphatic rings. The lowest BCUT2D eigenvalue weighted by molar-refractivity contribution is -0.132. The van der Waals surface area contributed by atoms with Crippen molar-refractivity contribution in [3.63, 3.8) is 0 Å². The Balaban J connectivity index is 1.83. The number of benzene rings is 1. The fourth-order valence-corrected chi connectivity index (χ4v) is 2.80. The van der Waals surface area contributed by atoms with Crippen LogP contribution in [0.3, 0.4) is 0 Å². The van der Waals surface area contributed by atoms with Crippen molar-refractivity contribution in [2.45, 2.75) is 31.8 Å². The highest BCUT2D eigenvalue weighted by atomic mass is 16.5. The number of rotatable bonds is 1. The zero-order chi connectivity index (χ0) is 12.5. The maximum atomic E-state index is 12.4. The van der Waals surface area contributed by atoms with Crippen molar-refractivity contribution in [3.8, 4) is 0 Å². The zero-order valence-corrected chi connectivity index (χ0v) is 10.4. The molecular weight excluding hydrogens is 228 g/mol. The molecular formula is C14H18N2O2. The fourth-order valence-electron chi connectivity index (χ4n) is 2.80. The third kappa shape index (κ3) is 1.86. The van der Waals surface area contributed by atoms with Crippen LogP contribution in [0.2, 0.25) is 0 Å². The summed E-state index contributed by atoms with van der Waals surface area (Å²) >= 11 is 0. The summed E-state index contributed by atoms with van der Waals surface area (Å²) < 4.78 is 5.57. The van der Waals surface area contributed by atoms with Gasteiger partial charge in [0.25, 0.3) is 5.91 Å². The highest BCUT2D eigenvalue weighted by Crippen LogP contribution is 2.33. The number of nitrogens with two attached hydrogens (primary N) is 1. The molecule has 0 spiro atoms. The first-order valence-corrected chi connectivity index (χ1v) is 6.58. The summed E-state index contributed by atoms with van der Waals surface area (Å²) in [5.74, 6) is 0.0963. The number of carbonyl (C=O) groups is 1. The van der Waals surface area contributed by atoms with Crippen LogP contribution < -0.4 is 10.6 Å². The number of hydrogen-bond acceptors (Lipinski definition) is 3. The monoisotopic (exact) mass is 246 g/mol. The first kappa shape index (κ1) is 11.5. The zero-order valence-electron chi connectivity index (χ0n) is 10.4. The van der Waals surface area contributed by atoms with Gasteiger partial charge in [0, 0.05) is 30.1 Å². The number of fused-ring (bicyclic) bond motifs is 1. The third-order valence-corrected chi connectivity index (χ3v) is 3.78. The van der Waals surface area contributed by atoms with Crippen LogP contribution in [0.5, 0.6) is 0 Å². The van der Waals surface area contributed by atoms with Gasteiger partial charge in [-0.05, 0) is 37.8 Å². The molecule has 1 atom stereocenters. The van der Waals surface area contributed by atoms with Crippen LogP contribution in [0.4, 0.5) is 11.4 Å². The van der Waals surface area contributed by atoms with Crippen LogP contribution in [0, 0.1) is 0 Å². The Morgan fingerprint density at radius 2 is 2.28 bits per heavy atom. The Morgan fingerprint density at radius 3 is 3.06 bits per heavy atom. The van der Waals surface area contributed by atoms with Gasteiger partial charge in [0.05, 0.1) is 0 Å². The summed E-state index contributed by atoms with van der Waals surface area (Å²) in [6, 6.07) is 5.77. The van der Waals surface area contributed by atoms with E-state index in [0.29, 0.717) is 6.61 Å². The summed E-state index contributed by atoms with van der Waals surface area (Å²) in [7, 11) is 0. The van der Waals surface area contributed by atoms with Crippen molar-refractivity contribution in [1.29, 1.82) is 0 Å². The Kier molecular flexibility index (Phi) is 2.96. The maximum Gasteiger partial charge on any atom is 0.256 e. The first-order valence-electron chi connectivity index (χ1n) is 6.58. The number of nitrogens with zero attached hydrogens (tertiary/aromatic N) is 1. The van der Waals surface area contributed by atoms with E-state index in [2.05, 4.69) is 0 Å². The number of amides is 1. The molecule has 2 heterocycles. The molecule has 4 heteroatoms. The lowest BCUT2D eigenvalue weighted by Gasteiger charge is -2.27. The molecule has 2 N–H and O–H groups in total. The number of anilines is 2. The van der Waals surface area contributed by atoms with Crippen LogP contribution in [0.1, 0.15) is 24.8 Å². The van der Waals surface area contributed by atoms with E-state index >= 15 is 0 Å². The Morgan fingerprint density at radius 1 is 1.39 bits per heavy atom. The number of hydrogen-bond donors (Lipinski definition) is 1. The minimum Gasteiger partial charge on any atom is -0.398 e. The number of carbonyl (C=O) groups excluding carboxylic acids is 1. The van der Waals surface area contributed by atoms with Crippen LogP contribution in [0.15, 0.2) is 18.2 Å². The quantitative estimate of drug-likeness (QED) is 0.768. The average molecular weight is 246 g/mol. The van der Waals surface area contributed by atoms with Crippen molar-refractivity contribution in [2.24, 2.45) is 0 Å². The van der Waals surface area contributed by atoms with Crippen molar-refractivity contribution >= 4 is 17.3 Å². The lowest BCUT2D eigenvalue weighted by atomic mass is 10.1. The second-order valence-electron chi connectivity index (χ2n) is 4.94. The predicted molar refractivity (Wildman–Crippen MR) is 70.5 cm³/mol. The Bertz CT molecular complexity index is 467. The van der Waals surface area contributed by atoms with Gasteiger partial charge in [-0.1, -0.05) is 6.07 Å². The van der Waals surface area contributed by atoms with Gasteiger partial charge in [-0.3, -0.25) is 4.79 Å². The van der Waals surface area contributed by atoms with Crippen LogP contribution in [-0.2, 0) is 16.0 Å². The topological polar surface area (TPSA) is 55.6 Å². The summed E-state index contributed by atoms with van der Waals surface area (Å²) in [6.07, 6.45) is 3.57. The molecule has 2 aliphatic heterocycles. The number of nitrogen functional groups attached to an aromatic ring is 1. The SMILES string of the molecule is Nc1cccc2c1CCN2C(=O)C1CCCCO1. The third-order valence-electron chi connectivity index (χ3n) is 3.78. The van der Waals surface area contributed by atoms with E-state index in [0.717, 1.165) is 49.2 Å². The van der Waals surface area contributed by atoms with Gasteiger partial charge < -0.3 is 15.4 Å². The predicted octanol–water partition coefficient (Wildman–Crippen LogP) is 1.73. The minimum atomic E-state index is -0.258. The molecule has 1 fully saturated rings. The van der Waals surface area contributed by atoms with Crippen molar-refractivity contribution < 1.29 is 9.53 Å². The molecule has 1 saturated heterocycles. The molecule has 4 nitrogen and oxygen atoms in total. The van der Waals surface area contributed by atoms with Gasteiger partial charge in [0.1, 0.15) is 6.10 Å². The van der Waals surface area contributed by atoms with E-state index in [4.69, 9.17) is 10.5 Å². The molecule has 1 amide bonds. The Hall–Kier alpha value is -1.55. The lowest BCUT2D eigenvalue weighted by Crippen LogP contribution is -2.41. The van der Waals surface area contributed by atoms with Crippen molar-refractivity contribution in [3.05, 3.63) is 23.8 Å². The van der Waals surface area contributed by atoms with Crippen LogP contribution in [-0.4, -0.2) is 25.2 Å². The van der Waals surface area contributed by atoms with Crippen LogP contribution in [0.25, 0.3) is 0 Å². The summed E-state index contributed by atoms with van der Waals surface area (Å²) in [4.78, 5) is 14.3. The highest BCUT2D eigenvalue weighted by Gasteiger charge is 2.32. The summed E-state index contributed by atoms with van der Waals surface area (Å²) in [5, 5.41) is 0. The smallest absolute Gasteiger partial charge is 0.256 e. The van der Waals surface area contributed by atoms with E-state index in [1.54, 1.807) is 0 Å². The summed E-state index contributed by atoms with van der Waals surface area (Å²) in [6.45, 7) is 1.43. The molecule has 96 valence electrons. The second kappa shape index (κ2) is 4.61. The molecule has 0 radical (unpaired) electrons. The molecule has 0 aliphatic carbocycles. The first-order chi connectivity index (χ1) is 8.77. The maximum absolute atomic E-state index is 12.4. The van der Waals surface area contributed by atoms with Gasteiger partial charge in [0.2, 0.25) is 0 Å². The molecule has 18 heavy (non-hydrogen) atoms. The Labute approximate surface area is 107 Å². The van der Waals surface area contributed by atoms with E-state index in [-0.39, 0.29) is 12.0 Å². The molecule has 0 bridgehead atoms. The van der Waals surface area contributed by atoms with E-state index in [1.165, 1.54) is 0 Å². The second-order valence-corrected chi connectivity index (χ2v) is 4.94. The van der Waals surface area contributed by atoms with E-state index < -0.39 is 0 Å². The molecule has 0 saturated carbocycles. The van der Waals surface area contributed by atoms with E-state index in [9.17, 15) is 4.79 Å². The molecule has 0 aromatic heterocycles. The average Bonchev–Trinajstić information content (AvgIpc) is 2.84. The standard InChI is InChI=1S/C14H18N2O2/c15-11-4-3-5-12-10(11)7-8-16(12)14(17)13-6-1-2-9-18-13/h3-5,13H,1-2,6-9,15H2. The van der Waals surface area contributed by atoms with Gasteiger partial charge in [-0.25, -0.2) is 0 Å². The van der Waals surface area contributed by atoms with E-state index in [1.807, 2.05) is 23.1 Å². The molecule has 1 unspecified atom stereocenters. The largest absolute Gasteiger partial charge is 0.398 e. The fraction of sp³-hybridized carbons (Fsp3) is 0.500.